The minimum Gasteiger partial charge on any atom is -0.376 e. The summed E-state index contributed by atoms with van der Waals surface area (Å²) >= 11 is 0. The lowest BCUT2D eigenvalue weighted by Crippen LogP contribution is -2.46. The van der Waals surface area contributed by atoms with Crippen LogP contribution in [0.3, 0.4) is 0 Å². The van der Waals surface area contributed by atoms with Crippen LogP contribution in [-0.2, 0) is 9.53 Å². The van der Waals surface area contributed by atoms with Crippen molar-refractivity contribution in [1.29, 1.82) is 0 Å². The minimum atomic E-state index is 0.0556. The second-order valence-corrected chi connectivity index (χ2v) is 8.91. The molecular formula is C22H34N4O2. The number of hydrogen-bond acceptors (Lipinski definition) is 5. The maximum Gasteiger partial charge on any atom is 0.225 e. The smallest absolute Gasteiger partial charge is 0.225 e. The van der Waals surface area contributed by atoms with E-state index in [2.05, 4.69) is 27.1 Å². The predicted molar refractivity (Wildman–Crippen MR) is 109 cm³/mol. The molecule has 0 radical (unpaired) electrons. The van der Waals surface area contributed by atoms with E-state index in [9.17, 15) is 4.79 Å². The third kappa shape index (κ3) is 4.32. The van der Waals surface area contributed by atoms with Crippen molar-refractivity contribution in [2.45, 2.75) is 70.9 Å². The van der Waals surface area contributed by atoms with E-state index in [0.29, 0.717) is 5.91 Å². The van der Waals surface area contributed by atoms with Crippen LogP contribution in [0.2, 0.25) is 0 Å². The molecule has 2 aliphatic carbocycles. The van der Waals surface area contributed by atoms with Crippen molar-refractivity contribution in [3.8, 4) is 0 Å². The highest BCUT2D eigenvalue weighted by Gasteiger charge is 2.42. The van der Waals surface area contributed by atoms with Gasteiger partial charge in [0.1, 0.15) is 12.1 Å². The van der Waals surface area contributed by atoms with Crippen molar-refractivity contribution < 1.29 is 9.53 Å². The quantitative estimate of drug-likeness (QED) is 0.811. The number of ether oxygens (including phenoxy) is 1. The fourth-order valence-electron chi connectivity index (χ4n) is 5.37. The standard InChI is InChI=1S/C22H34N4O2/c1-3-9-28-20-11-16(22(27)26-12-17-5-4-6-18(17)13-26)7-8-19(20)25-21-10-15(2)23-14-24-21/h10,14,16-20H,3-9,11-13H2,1-2H3,(H,23,24,25)/t16-,17-,18+,19+,20+/m0/s1. The monoisotopic (exact) mass is 386 g/mol. The first-order valence-corrected chi connectivity index (χ1v) is 11.1. The van der Waals surface area contributed by atoms with E-state index in [0.717, 1.165) is 68.7 Å². The van der Waals surface area contributed by atoms with Gasteiger partial charge < -0.3 is 15.0 Å². The van der Waals surface area contributed by atoms with Gasteiger partial charge in [-0.05, 0) is 57.3 Å². The zero-order valence-electron chi connectivity index (χ0n) is 17.3. The van der Waals surface area contributed by atoms with Crippen LogP contribution in [0, 0.1) is 24.7 Å². The van der Waals surface area contributed by atoms with Gasteiger partial charge in [0, 0.05) is 37.4 Å². The molecule has 0 spiro atoms. The number of rotatable bonds is 6. The molecule has 5 atom stereocenters. The number of fused-ring (bicyclic) bond motifs is 1. The molecule has 3 fully saturated rings. The van der Waals surface area contributed by atoms with Crippen molar-refractivity contribution >= 4 is 11.7 Å². The van der Waals surface area contributed by atoms with Gasteiger partial charge in [0.15, 0.2) is 0 Å². The minimum absolute atomic E-state index is 0.0556. The van der Waals surface area contributed by atoms with Crippen molar-refractivity contribution in [2.75, 3.05) is 25.0 Å². The van der Waals surface area contributed by atoms with E-state index in [1.807, 2.05) is 13.0 Å². The summed E-state index contributed by atoms with van der Waals surface area (Å²) in [5, 5.41) is 3.54. The molecule has 0 bridgehead atoms. The van der Waals surface area contributed by atoms with Crippen LogP contribution in [0.25, 0.3) is 0 Å². The van der Waals surface area contributed by atoms with Gasteiger partial charge in [0.25, 0.3) is 0 Å². The molecule has 1 N–H and O–H groups in total. The number of amides is 1. The number of nitrogens with zero attached hydrogens (tertiary/aromatic N) is 3. The molecule has 28 heavy (non-hydrogen) atoms. The molecule has 6 nitrogen and oxygen atoms in total. The normalized spacial score (nSPS) is 32.4. The number of nitrogens with one attached hydrogen (secondary N) is 1. The molecule has 2 heterocycles. The molecular weight excluding hydrogens is 352 g/mol. The molecule has 0 aromatic carbocycles. The van der Waals surface area contributed by atoms with Crippen LogP contribution in [0.1, 0.15) is 57.6 Å². The van der Waals surface area contributed by atoms with Gasteiger partial charge in [0.2, 0.25) is 5.91 Å². The summed E-state index contributed by atoms with van der Waals surface area (Å²) in [7, 11) is 0. The molecule has 3 aliphatic rings. The third-order valence-electron chi connectivity index (χ3n) is 6.85. The molecule has 154 valence electrons. The lowest BCUT2D eigenvalue weighted by molar-refractivity contribution is -0.138. The Bertz CT molecular complexity index is 670. The van der Waals surface area contributed by atoms with Crippen LogP contribution in [0.15, 0.2) is 12.4 Å². The van der Waals surface area contributed by atoms with Gasteiger partial charge in [-0.1, -0.05) is 13.3 Å². The molecule has 1 aromatic rings. The summed E-state index contributed by atoms with van der Waals surface area (Å²) < 4.78 is 6.19. The summed E-state index contributed by atoms with van der Waals surface area (Å²) in [6.07, 6.45) is 9.29. The van der Waals surface area contributed by atoms with Crippen LogP contribution in [0.5, 0.6) is 0 Å². The Kier molecular flexibility index (Phi) is 6.14. The summed E-state index contributed by atoms with van der Waals surface area (Å²) in [5.74, 6) is 2.84. The van der Waals surface area contributed by atoms with Crippen LogP contribution >= 0.6 is 0 Å². The molecule has 1 aromatic heterocycles. The summed E-state index contributed by atoms with van der Waals surface area (Å²) in [4.78, 5) is 23.9. The van der Waals surface area contributed by atoms with E-state index in [1.165, 1.54) is 19.3 Å². The van der Waals surface area contributed by atoms with Crippen LogP contribution in [-0.4, -0.2) is 52.6 Å². The van der Waals surface area contributed by atoms with E-state index in [1.54, 1.807) is 6.33 Å². The van der Waals surface area contributed by atoms with Crippen molar-refractivity contribution in [2.24, 2.45) is 17.8 Å². The molecule has 0 unspecified atom stereocenters. The predicted octanol–water partition coefficient (Wildman–Crippen LogP) is 3.42. The summed E-state index contributed by atoms with van der Waals surface area (Å²) in [6.45, 7) is 6.81. The Morgan fingerprint density at radius 1 is 1.21 bits per heavy atom. The molecule has 1 amide bonds. The number of aromatic nitrogens is 2. The zero-order chi connectivity index (χ0) is 19.5. The number of likely N-dealkylation sites (tertiary alicyclic amines) is 1. The number of hydrogen-bond donors (Lipinski definition) is 1. The van der Waals surface area contributed by atoms with E-state index < -0.39 is 0 Å². The number of carbonyl (C=O) groups is 1. The third-order valence-corrected chi connectivity index (χ3v) is 6.85. The molecule has 1 saturated heterocycles. The Balaban J connectivity index is 1.38. The van der Waals surface area contributed by atoms with Crippen LogP contribution in [0.4, 0.5) is 5.82 Å². The van der Waals surface area contributed by atoms with Gasteiger partial charge in [-0.2, -0.15) is 0 Å². The number of anilines is 1. The summed E-state index contributed by atoms with van der Waals surface area (Å²) in [5.41, 5.74) is 0.951. The lowest BCUT2D eigenvalue weighted by Gasteiger charge is -2.37. The van der Waals surface area contributed by atoms with Gasteiger partial charge in [0.05, 0.1) is 12.1 Å². The Hall–Kier alpha value is -1.69. The first-order chi connectivity index (χ1) is 13.6. The highest BCUT2D eigenvalue weighted by atomic mass is 16.5. The second-order valence-electron chi connectivity index (χ2n) is 8.91. The van der Waals surface area contributed by atoms with E-state index >= 15 is 0 Å². The highest BCUT2D eigenvalue weighted by molar-refractivity contribution is 5.79. The molecule has 1 aliphatic heterocycles. The SMILES string of the molecule is CCCO[C@@H]1C[C@@H](C(=O)N2C[C@H]3CCC[C@H]3C2)CC[C@H]1Nc1cc(C)ncn1. The largest absolute Gasteiger partial charge is 0.376 e. The lowest BCUT2D eigenvalue weighted by atomic mass is 9.82. The van der Waals surface area contributed by atoms with Crippen molar-refractivity contribution in [3.63, 3.8) is 0 Å². The van der Waals surface area contributed by atoms with Gasteiger partial charge in [-0.15, -0.1) is 0 Å². The van der Waals surface area contributed by atoms with Gasteiger partial charge in [-0.3, -0.25) is 4.79 Å². The maximum absolute atomic E-state index is 13.2. The van der Waals surface area contributed by atoms with Crippen molar-refractivity contribution in [3.05, 3.63) is 18.1 Å². The van der Waals surface area contributed by atoms with Gasteiger partial charge in [-0.25, -0.2) is 9.97 Å². The Morgan fingerprint density at radius 2 is 2.00 bits per heavy atom. The average molecular weight is 387 g/mol. The molecule has 4 rings (SSSR count). The summed E-state index contributed by atoms with van der Waals surface area (Å²) in [6, 6.07) is 2.17. The van der Waals surface area contributed by atoms with E-state index in [4.69, 9.17) is 4.74 Å². The first-order valence-electron chi connectivity index (χ1n) is 11.1. The number of carbonyl (C=O) groups excluding carboxylic acids is 1. The number of aryl methyl sites for hydroxylation is 1. The second kappa shape index (κ2) is 8.76. The topological polar surface area (TPSA) is 67.3 Å². The highest BCUT2D eigenvalue weighted by Crippen LogP contribution is 2.39. The first kappa shape index (κ1) is 19.6. The van der Waals surface area contributed by atoms with Crippen molar-refractivity contribution in [1.82, 2.24) is 14.9 Å². The Labute approximate surface area is 168 Å². The average Bonchev–Trinajstić information content (AvgIpc) is 3.29. The zero-order valence-corrected chi connectivity index (χ0v) is 17.3. The fraction of sp³-hybridized carbons (Fsp3) is 0.773. The van der Waals surface area contributed by atoms with E-state index in [-0.39, 0.29) is 18.1 Å². The Morgan fingerprint density at radius 3 is 2.71 bits per heavy atom. The van der Waals surface area contributed by atoms with Crippen LogP contribution < -0.4 is 5.32 Å². The fourth-order valence-corrected chi connectivity index (χ4v) is 5.37. The maximum atomic E-state index is 13.2. The molecule has 6 heteroatoms. The van der Waals surface area contributed by atoms with Gasteiger partial charge >= 0.3 is 0 Å². The molecule has 2 saturated carbocycles.